The van der Waals surface area contributed by atoms with Crippen LogP contribution in [0.2, 0.25) is 0 Å². The van der Waals surface area contributed by atoms with Gasteiger partial charge >= 0.3 is 5.97 Å². The summed E-state index contributed by atoms with van der Waals surface area (Å²) in [5.74, 6) is -0.969. The van der Waals surface area contributed by atoms with Gasteiger partial charge in [-0.05, 0) is 43.4 Å². The lowest BCUT2D eigenvalue weighted by atomic mass is 10.0. The summed E-state index contributed by atoms with van der Waals surface area (Å²) in [5.41, 5.74) is 0.529. The molecule has 0 bridgehead atoms. The van der Waals surface area contributed by atoms with Crippen LogP contribution in [0.5, 0.6) is 0 Å². The van der Waals surface area contributed by atoms with E-state index in [1.807, 2.05) is 0 Å². The summed E-state index contributed by atoms with van der Waals surface area (Å²) in [5, 5.41) is 9.06. The van der Waals surface area contributed by atoms with Crippen LogP contribution in [0.25, 0.3) is 0 Å². The summed E-state index contributed by atoms with van der Waals surface area (Å²) in [6.07, 6.45) is 1.86. The van der Waals surface area contributed by atoms with E-state index in [1.165, 1.54) is 18.2 Å². The van der Waals surface area contributed by atoms with Gasteiger partial charge in [0, 0.05) is 13.2 Å². The van der Waals surface area contributed by atoms with Crippen molar-refractivity contribution in [2.45, 2.75) is 24.7 Å². The van der Waals surface area contributed by atoms with Crippen molar-refractivity contribution in [3.8, 4) is 0 Å². The number of nitrogens with one attached hydrogen (secondary N) is 1. The summed E-state index contributed by atoms with van der Waals surface area (Å²) in [6, 6.07) is 4.11. The summed E-state index contributed by atoms with van der Waals surface area (Å²) in [4.78, 5) is 11.0. The molecule has 21 heavy (non-hydrogen) atoms. The van der Waals surface area contributed by atoms with Crippen molar-refractivity contribution in [3.05, 3.63) is 29.3 Å². The van der Waals surface area contributed by atoms with Gasteiger partial charge in [0.1, 0.15) is 0 Å². The molecule has 0 radical (unpaired) electrons. The number of sulfonamides is 1. The van der Waals surface area contributed by atoms with Crippen LogP contribution in [0.4, 0.5) is 0 Å². The number of carboxylic acids is 1. The van der Waals surface area contributed by atoms with Gasteiger partial charge in [-0.1, -0.05) is 6.07 Å². The fraction of sp³-hybridized carbons (Fsp3) is 0.500. The fourth-order valence-electron chi connectivity index (χ4n) is 2.28. The molecule has 1 atom stereocenters. The Morgan fingerprint density at radius 2 is 2.24 bits per heavy atom. The van der Waals surface area contributed by atoms with E-state index in [2.05, 4.69) is 4.72 Å². The molecule has 1 aromatic rings. The molecule has 1 aliphatic rings. The first-order valence-electron chi connectivity index (χ1n) is 6.81. The topological polar surface area (TPSA) is 92.7 Å². The van der Waals surface area contributed by atoms with Gasteiger partial charge in [-0.15, -0.1) is 0 Å². The summed E-state index contributed by atoms with van der Waals surface area (Å²) in [7, 11) is -3.70. The normalized spacial score (nSPS) is 19.4. The van der Waals surface area contributed by atoms with Gasteiger partial charge in [0.25, 0.3) is 0 Å². The molecule has 1 aromatic carbocycles. The number of hydrogen-bond acceptors (Lipinski definition) is 4. The van der Waals surface area contributed by atoms with E-state index in [4.69, 9.17) is 9.84 Å². The minimum absolute atomic E-state index is 0.00104. The van der Waals surface area contributed by atoms with E-state index < -0.39 is 16.0 Å². The van der Waals surface area contributed by atoms with Crippen LogP contribution >= 0.6 is 0 Å². The monoisotopic (exact) mass is 313 g/mol. The Labute approximate surface area is 124 Å². The first kappa shape index (κ1) is 15.9. The maximum atomic E-state index is 12.2. The van der Waals surface area contributed by atoms with Gasteiger partial charge in [-0.25, -0.2) is 17.9 Å². The highest BCUT2D eigenvalue weighted by atomic mass is 32.2. The quantitative estimate of drug-likeness (QED) is 0.857. The number of aromatic carboxylic acids is 1. The highest BCUT2D eigenvalue weighted by Crippen LogP contribution is 2.17. The second-order valence-corrected chi connectivity index (χ2v) is 6.98. The Bertz CT molecular complexity index is 620. The molecule has 0 aromatic heterocycles. The molecular weight excluding hydrogens is 294 g/mol. The van der Waals surface area contributed by atoms with Gasteiger partial charge in [0.2, 0.25) is 10.0 Å². The lowest BCUT2D eigenvalue weighted by Crippen LogP contribution is -2.33. The first-order valence-corrected chi connectivity index (χ1v) is 8.30. The number of carboxylic acid groups (broad SMARTS) is 1. The molecule has 0 aliphatic carbocycles. The van der Waals surface area contributed by atoms with Gasteiger partial charge < -0.3 is 9.84 Å². The molecule has 1 aliphatic heterocycles. The number of aryl methyl sites for hydroxylation is 1. The molecular formula is C14H19NO5S. The van der Waals surface area contributed by atoms with Crippen molar-refractivity contribution in [2.75, 3.05) is 19.8 Å². The predicted molar refractivity (Wildman–Crippen MR) is 76.9 cm³/mol. The van der Waals surface area contributed by atoms with Crippen LogP contribution in [-0.2, 0) is 14.8 Å². The third-order valence-corrected chi connectivity index (χ3v) is 4.99. The molecule has 6 nitrogen and oxygen atoms in total. The molecule has 0 amide bonds. The number of carbonyl (C=O) groups is 1. The molecule has 0 saturated carbocycles. The van der Waals surface area contributed by atoms with Crippen LogP contribution in [0.1, 0.15) is 28.8 Å². The van der Waals surface area contributed by atoms with Gasteiger partial charge in [0.15, 0.2) is 0 Å². The van der Waals surface area contributed by atoms with Crippen LogP contribution in [0.15, 0.2) is 23.1 Å². The lowest BCUT2D eigenvalue weighted by Gasteiger charge is -2.22. The zero-order chi connectivity index (χ0) is 15.5. The smallest absolute Gasteiger partial charge is 0.335 e. The highest BCUT2D eigenvalue weighted by Gasteiger charge is 2.20. The van der Waals surface area contributed by atoms with Crippen LogP contribution in [-0.4, -0.2) is 39.3 Å². The first-order chi connectivity index (χ1) is 9.90. The zero-order valence-corrected chi connectivity index (χ0v) is 12.6. The van der Waals surface area contributed by atoms with E-state index >= 15 is 0 Å². The standard InChI is InChI=1S/C14H19NO5S/c1-10-4-5-12(7-13(10)14(16)17)21(18,19)15-8-11-3-2-6-20-9-11/h4-5,7,11,15H,2-3,6,8-9H2,1H3,(H,16,17). The Kier molecular flexibility index (Phi) is 4.97. The van der Waals surface area contributed by atoms with E-state index in [1.54, 1.807) is 6.92 Å². The maximum absolute atomic E-state index is 12.2. The Morgan fingerprint density at radius 1 is 1.48 bits per heavy atom. The SMILES string of the molecule is Cc1ccc(S(=O)(=O)NCC2CCCOC2)cc1C(=O)O. The molecule has 1 fully saturated rings. The van der Waals surface area contributed by atoms with Gasteiger partial charge in [-0.3, -0.25) is 0 Å². The summed E-state index contributed by atoms with van der Waals surface area (Å²) < 4.78 is 32.3. The third kappa shape index (κ3) is 4.03. The van der Waals surface area contributed by atoms with Crippen molar-refractivity contribution in [1.29, 1.82) is 0 Å². The molecule has 1 unspecified atom stereocenters. The molecule has 7 heteroatoms. The minimum Gasteiger partial charge on any atom is -0.478 e. The average Bonchev–Trinajstić information content (AvgIpc) is 2.46. The molecule has 1 heterocycles. The second-order valence-electron chi connectivity index (χ2n) is 5.22. The highest BCUT2D eigenvalue weighted by molar-refractivity contribution is 7.89. The van der Waals surface area contributed by atoms with E-state index in [9.17, 15) is 13.2 Å². The van der Waals surface area contributed by atoms with Crippen molar-refractivity contribution in [3.63, 3.8) is 0 Å². The molecule has 1 saturated heterocycles. The van der Waals surface area contributed by atoms with Gasteiger partial charge in [0.05, 0.1) is 17.1 Å². The fourth-order valence-corrected chi connectivity index (χ4v) is 3.42. The molecule has 0 spiro atoms. The summed E-state index contributed by atoms with van der Waals surface area (Å²) in [6.45, 7) is 3.21. The Balaban J connectivity index is 2.11. The predicted octanol–water partition coefficient (Wildman–Crippen LogP) is 1.40. The zero-order valence-electron chi connectivity index (χ0n) is 11.8. The molecule has 116 valence electrons. The van der Waals surface area contributed by atoms with Crippen LogP contribution < -0.4 is 4.72 Å². The number of benzene rings is 1. The number of hydrogen-bond donors (Lipinski definition) is 2. The van der Waals surface area contributed by atoms with E-state index in [0.717, 1.165) is 19.4 Å². The van der Waals surface area contributed by atoms with Crippen LogP contribution in [0.3, 0.4) is 0 Å². The Morgan fingerprint density at radius 3 is 2.86 bits per heavy atom. The summed E-state index contributed by atoms with van der Waals surface area (Å²) >= 11 is 0. The second kappa shape index (κ2) is 6.55. The van der Waals surface area contributed by atoms with Crippen molar-refractivity contribution >= 4 is 16.0 Å². The van der Waals surface area contributed by atoms with Crippen molar-refractivity contribution in [1.82, 2.24) is 4.72 Å². The van der Waals surface area contributed by atoms with Crippen molar-refractivity contribution < 1.29 is 23.1 Å². The van der Waals surface area contributed by atoms with Crippen molar-refractivity contribution in [2.24, 2.45) is 5.92 Å². The average molecular weight is 313 g/mol. The van der Waals surface area contributed by atoms with E-state index in [-0.39, 0.29) is 16.4 Å². The number of ether oxygens (including phenoxy) is 1. The minimum atomic E-state index is -3.70. The molecule has 2 rings (SSSR count). The largest absolute Gasteiger partial charge is 0.478 e. The van der Waals surface area contributed by atoms with Crippen LogP contribution in [0, 0.1) is 12.8 Å². The number of rotatable bonds is 5. The lowest BCUT2D eigenvalue weighted by molar-refractivity contribution is 0.0568. The van der Waals surface area contributed by atoms with Gasteiger partial charge in [-0.2, -0.15) is 0 Å². The Hall–Kier alpha value is -1.44. The molecule has 2 N–H and O–H groups in total. The maximum Gasteiger partial charge on any atom is 0.335 e. The van der Waals surface area contributed by atoms with E-state index in [0.29, 0.717) is 18.7 Å². The third-order valence-electron chi connectivity index (χ3n) is 3.57.